The molecule has 4 N–H and O–H groups in total. The van der Waals surface area contributed by atoms with E-state index in [0.29, 0.717) is 13.0 Å². The van der Waals surface area contributed by atoms with Gasteiger partial charge in [-0.2, -0.15) is 13.2 Å². The summed E-state index contributed by atoms with van der Waals surface area (Å²) in [6.45, 7) is 7.98. The predicted molar refractivity (Wildman–Crippen MR) is 271 cm³/mol. The molecule has 4 aromatic rings. The van der Waals surface area contributed by atoms with Gasteiger partial charge in [0.2, 0.25) is 11.7 Å². The van der Waals surface area contributed by atoms with Crippen LogP contribution in [0.4, 0.5) is 30.2 Å². The van der Waals surface area contributed by atoms with Gasteiger partial charge >= 0.3 is 25.4 Å². The normalized spacial score (nSPS) is 13.1. The number of nitro benzene ring substituents is 2. The number of sulfone groups is 1. The summed E-state index contributed by atoms with van der Waals surface area (Å²) in [6.07, 6.45) is -2.87. The van der Waals surface area contributed by atoms with E-state index < -0.39 is 92.3 Å². The van der Waals surface area contributed by atoms with E-state index in [1.807, 2.05) is 26.0 Å². The van der Waals surface area contributed by atoms with Gasteiger partial charge in [0.1, 0.15) is 23.3 Å². The number of halogens is 5. The monoisotopic (exact) mass is 1150 g/mol. The number of rotatable bonds is 19. The van der Waals surface area contributed by atoms with Gasteiger partial charge in [0.15, 0.2) is 27.2 Å². The summed E-state index contributed by atoms with van der Waals surface area (Å²) in [7, 11) is -6.16. The van der Waals surface area contributed by atoms with Crippen molar-refractivity contribution in [2.45, 2.75) is 70.5 Å². The molecule has 0 spiro atoms. The first kappa shape index (κ1) is 65.7. The van der Waals surface area contributed by atoms with Crippen molar-refractivity contribution in [2.75, 3.05) is 50.2 Å². The first-order valence-corrected chi connectivity index (χ1v) is 26.9. The summed E-state index contributed by atoms with van der Waals surface area (Å²) in [5.41, 5.74) is 0.892. The SMILES string of the molecule is CCOc1cc(Oc2ccc(C(F)(F)F)cc2Cl)ccc1[N+](=O)[O-].CCc1cccc(C)c1N(C(=O)CCl)C(C)COC.CS(=O)(=O)c1ccc(C(=O)C2C(=O)CCCC2=O)c([N+](=O)[O-])c1.O=C(O)CNCP(=O)(O)O. The Hall–Kier alpha value is -6.38. The van der Waals surface area contributed by atoms with E-state index in [9.17, 15) is 70.4 Å². The van der Waals surface area contributed by atoms with Crippen LogP contribution in [0.5, 0.6) is 17.2 Å². The maximum absolute atomic E-state index is 12.6. The number of benzene rings is 4. The van der Waals surface area contributed by atoms with Gasteiger partial charge in [-0.3, -0.25) is 54.1 Å². The van der Waals surface area contributed by atoms with Crippen molar-refractivity contribution in [3.63, 3.8) is 0 Å². The Labute approximate surface area is 443 Å². The van der Waals surface area contributed by atoms with Crippen molar-refractivity contribution in [3.05, 3.63) is 120 Å². The Balaban J connectivity index is 0.000000360. The minimum absolute atomic E-state index is 0.0111. The zero-order chi connectivity index (χ0) is 57.9. The number of anilines is 1. The highest BCUT2D eigenvalue weighted by atomic mass is 35.5. The van der Waals surface area contributed by atoms with Crippen LogP contribution in [0.25, 0.3) is 0 Å². The molecule has 76 heavy (non-hydrogen) atoms. The van der Waals surface area contributed by atoms with Gasteiger partial charge in [0.25, 0.3) is 5.69 Å². The number of carbonyl (C=O) groups is 5. The highest BCUT2D eigenvalue weighted by Gasteiger charge is 2.39. The van der Waals surface area contributed by atoms with E-state index in [2.05, 4.69) is 18.3 Å². The van der Waals surface area contributed by atoms with E-state index >= 15 is 0 Å². The summed E-state index contributed by atoms with van der Waals surface area (Å²) >= 11 is 11.6. The fraction of sp³-hybridized carbons (Fsp3) is 0.383. The van der Waals surface area contributed by atoms with Crippen molar-refractivity contribution in [1.82, 2.24) is 5.32 Å². The molecule has 1 atom stereocenters. The molecule has 0 saturated heterocycles. The lowest BCUT2D eigenvalue weighted by molar-refractivity contribution is -0.385. The first-order chi connectivity index (χ1) is 35.3. The van der Waals surface area contributed by atoms with Crippen molar-refractivity contribution < 1.29 is 89.1 Å². The maximum Gasteiger partial charge on any atom is 0.416 e. The Morgan fingerprint density at radius 2 is 1.57 bits per heavy atom. The van der Waals surface area contributed by atoms with E-state index in [-0.39, 0.29) is 70.1 Å². The molecule has 1 aliphatic carbocycles. The largest absolute Gasteiger partial charge is 0.487 e. The van der Waals surface area contributed by atoms with Crippen LogP contribution in [0, 0.1) is 33.1 Å². The van der Waals surface area contributed by atoms with Crippen LogP contribution in [0.15, 0.2) is 77.7 Å². The number of Topliss-reactive ketones (excluding diaryl/α,β-unsaturated/α-hetero) is 3. The van der Waals surface area contributed by atoms with Gasteiger partial charge in [-0.05, 0) is 81.1 Å². The fourth-order valence-corrected chi connectivity index (χ4v) is 8.34. The van der Waals surface area contributed by atoms with Crippen molar-refractivity contribution >= 4 is 86.9 Å². The van der Waals surface area contributed by atoms with E-state index in [1.54, 1.807) is 18.9 Å². The van der Waals surface area contributed by atoms with Crippen LogP contribution in [0.1, 0.15) is 67.1 Å². The zero-order valence-corrected chi connectivity index (χ0v) is 44.7. The second-order valence-electron chi connectivity index (χ2n) is 16.1. The topological polar surface area (TPSA) is 326 Å². The summed E-state index contributed by atoms with van der Waals surface area (Å²) in [6, 6.07) is 15.2. The maximum atomic E-state index is 12.6. The average molecular weight is 1150 g/mol. The van der Waals surface area contributed by atoms with Crippen molar-refractivity contribution in [3.8, 4) is 17.2 Å². The third kappa shape index (κ3) is 20.3. The molecule has 1 saturated carbocycles. The number of hydrogen-bond acceptors (Lipinski definition) is 16. The molecule has 1 fully saturated rings. The molecule has 29 heteroatoms. The van der Waals surface area contributed by atoms with Crippen LogP contribution in [0.2, 0.25) is 5.02 Å². The molecule has 1 unspecified atom stereocenters. The van der Waals surface area contributed by atoms with Crippen LogP contribution >= 0.6 is 30.8 Å². The van der Waals surface area contributed by atoms with Crippen LogP contribution in [-0.2, 0) is 50.9 Å². The number of nitro groups is 2. The van der Waals surface area contributed by atoms with Crippen LogP contribution < -0.4 is 19.7 Å². The van der Waals surface area contributed by atoms with Gasteiger partial charge in [0, 0.05) is 44.4 Å². The number of hydrogen-bond donors (Lipinski definition) is 4. The second-order valence-corrected chi connectivity index (χ2v) is 20.5. The fourth-order valence-electron chi connectivity index (χ4n) is 6.95. The molecule has 5 rings (SSSR count). The highest BCUT2D eigenvalue weighted by molar-refractivity contribution is 7.90. The van der Waals surface area contributed by atoms with Gasteiger partial charge in [-0.15, -0.1) is 11.6 Å². The number of nitrogens with zero attached hydrogens (tertiary/aromatic N) is 3. The molecule has 1 aliphatic rings. The molecule has 0 bridgehead atoms. The van der Waals surface area contributed by atoms with E-state index in [0.717, 1.165) is 65.9 Å². The number of methoxy groups -OCH3 is 1. The number of nitrogens with one attached hydrogen (secondary N) is 1. The summed E-state index contributed by atoms with van der Waals surface area (Å²) in [5.74, 6) is -4.75. The predicted octanol–water partition coefficient (Wildman–Crippen LogP) is 8.54. The molecular weight excluding hydrogens is 1100 g/mol. The minimum Gasteiger partial charge on any atom is -0.487 e. The highest BCUT2D eigenvalue weighted by Crippen LogP contribution is 2.39. The first-order valence-electron chi connectivity index (χ1n) is 22.3. The molecule has 0 aliphatic heterocycles. The lowest BCUT2D eigenvalue weighted by Crippen LogP contribution is -2.43. The Morgan fingerprint density at radius 3 is 2.05 bits per heavy atom. The molecule has 0 heterocycles. The Morgan fingerprint density at radius 1 is 0.947 bits per heavy atom. The number of ether oxygens (including phenoxy) is 3. The standard InChI is InChI=1S/C15H11ClF3NO4.C15H22ClNO2.C14H13NO7S.C3H8NO5P/c1-2-23-14-8-10(4-5-12(14)20(21)22)24-13-6-3-9(7-11(13)16)15(17,18)19;1-5-13-8-6-7-11(2)15(13)17(14(18)9-16)12(3)10-19-4;1-23(21,22)8-5-6-9(10(7-8)15(19)20)14(18)13-11(16)3-2-4-12(13)17;5-3(6)1-4-2-10(7,8)9/h3-8H,2H2,1H3;6-8,12H,5,9-10H2,1-4H3;5-7,13H,2-4H2,1H3;4H,1-2H2,(H,5,6)(H2,7,8,9). The second kappa shape index (κ2) is 29.8. The van der Waals surface area contributed by atoms with Gasteiger partial charge in [-0.25, -0.2) is 8.42 Å². The number of carboxylic acid groups (broad SMARTS) is 1. The van der Waals surface area contributed by atoms with Crippen LogP contribution in [-0.4, -0.2) is 114 Å². The number of amides is 1. The number of aliphatic carboxylic acids is 1. The lowest BCUT2D eigenvalue weighted by Gasteiger charge is -2.31. The molecule has 22 nitrogen and oxygen atoms in total. The third-order valence-electron chi connectivity index (χ3n) is 10.3. The molecule has 4 aromatic carbocycles. The molecule has 1 amide bonds. The van der Waals surface area contributed by atoms with Crippen molar-refractivity contribution in [2.24, 2.45) is 5.92 Å². The number of carbonyl (C=O) groups excluding carboxylic acids is 4. The Kier molecular flexibility index (Phi) is 25.8. The number of ketones is 3. The summed E-state index contributed by atoms with van der Waals surface area (Å²) in [4.78, 5) is 96.4. The summed E-state index contributed by atoms with van der Waals surface area (Å²) < 4.78 is 86.6. The number of para-hydroxylation sites is 1. The average Bonchev–Trinajstić information content (AvgIpc) is 3.32. The summed E-state index contributed by atoms with van der Waals surface area (Å²) in [5, 5.41) is 31.9. The van der Waals surface area contributed by atoms with E-state index in [1.165, 1.54) is 18.2 Å². The number of alkyl halides is 4. The molecular formula is C47H54Cl2F3N4O18PS. The lowest BCUT2D eigenvalue weighted by atomic mass is 9.81. The third-order valence-corrected chi connectivity index (χ3v) is 12.6. The van der Waals surface area contributed by atoms with Crippen LogP contribution in [0.3, 0.4) is 0 Å². The van der Waals surface area contributed by atoms with E-state index in [4.69, 9.17) is 52.3 Å². The Bertz CT molecular complexity index is 2910. The smallest absolute Gasteiger partial charge is 0.416 e. The number of aryl methyl sites for hydroxylation is 2. The van der Waals surface area contributed by atoms with Gasteiger partial charge in [-0.1, -0.05) is 36.7 Å². The molecule has 0 radical (unpaired) electrons. The molecule has 416 valence electrons. The van der Waals surface area contributed by atoms with Gasteiger partial charge < -0.3 is 34.0 Å². The zero-order valence-electron chi connectivity index (χ0n) is 41.5. The van der Waals surface area contributed by atoms with Crippen molar-refractivity contribution in [1.29, 1.82) is 0 Å². The quantitative estimate of drug-likeness (QED) is 0.0171. The van der Waals surface area contributed by atoms with Gasteiger partial charge in [0.05, 0.1) is 68.7 Å². The molecule has 0 aromatic heterocycles. The number of carboxylic acids is 1. The minimum atomic E-state index is -4.52.